The van der Waals surface area contributed by atoms with Crippen LogP contribution in [-0.4, -0.2) is 50.8 Å². The van der Waals surface area contributed by atoms with Gasteiger partial charge < -0.3 is 20.1 Å². The van der Waals surface area contributed by atoms with Crippen molar-refractivity contribution in [2.24, 2.45) is 0 Å². The maximum Gasteiger partial charge on any atom is 0.328 e. The summed E-state index contributed by atoms with van der Waals surface area (Å²) in [4.78, 5) is 22.6. The molecule has 1 fully saturated rings. The first-order chi connectivity index (χ1) is 7.15. The van der Waals surface area contributed by atoms with Gasteiger partial charge in [0.1, 0.15) is 12.1 Å². The zero-order chi connectivity index (χ0) is 11.3. The maximum absolute atomic E-state index is 11.5. The molecule has 1 heterocycles. The molecule has 86 valence electrons. The molecule has 6 heteroatoms. The third-order valence-electron chi connectivity index (χ3n) is 2.13. The number of nitrogens with one attached hydrogen (secondary N) is 2. The monoisotopic (exact) mass is 216 g/mol. The van der Waals surface area contributed by atoms with Crippen LogP contribution in [0, 0.1) is 0 Å². The lowest BCUT2D eigenvalue weighted by atomic mass is 10.2. The van der Waals surface area contributed by atoms with Gasteiger partial charge >= 0.3 is 5.97 Å². The second-order valence-corrected chi connectivity index (χ2v) is 3.32. The number of morpholine rings is 1. The molecule has 0 aromatic rings. The van der Waals surface area contributed by atoms with Gasteiger partial charge in [-0.2, -0.15) is 0 Å². The lowest BCUT2D eigenvalue weighted by Crippen LogP contribution is -2.51. The molecule has 2 atom stereocenters. The van der Waals surface area contributed by atoms with Gasteiger partial charge in [0, 0.05) is 13.1 Å². The van der Waals surface area contributed by atoms with Gasteiger partial charge in [-0.15, -0.1) is 0 Å². The van der Waals surface area contributed by atoms with Gasteiger partial charge in [0.2, 0.25) is 0 Å². The zero-order valence-corrected chi connectivity index (χ0v) is 8.91. The van der Waals surface area contributed by atoms with Crippen LogP contribution in [0.4, 0.5) is 0 Å². The molecule has 1 aliphatic heterocycles. The summed E-state index contributed by atoms with van der Waals surface area (Å²) in [5.41, 5.74) is 0. The second kappa shape index (κ2) is 5.67. The molecule has 1 amide bonds. The van der Waals surface area contributed by atoms with Crippen LogP contribution in [-0.2, 0) is 19.1 Å². The summed E-state index contributed by atoms with van der Waals surface area (Å²) >= 11 is 0. The third-order valence-corrected chi connectivity index (χ3v) is 2.13. The number of hydrogen-bond donors (Lipinski definition) is 2. The van der Waals surface area contributed by atoms with Gasteiger partial charge in [0.05, 0.1) is 13.7 Å². The summed E-state index contributed by atoms with van der Waals surface area (Å²) in [5, 5.41) is 5.55. The second-order valence-electron chi connectivity index (χ2n) is 3.32. The van der Waals surface area contributed by atoms with Crippen molar-refractivity contribution in [2.45, 2.75) is 19.1 Å². The Labute approximate surface area is 88.3 Å². The Bertz CT molecular complexity index is 238. The highest BCUT2D eigenvalue weighted by atomic mass is 16.5. The minimum absolute atomic E-state index is 0.292. The Morgan fingerprint density at radius 2 is 2.33 bits per heavy atom. The quantitative estimate of drug-likeness (QED) is 0.571. The molecular formula is C9H16N2O4. The summed E-state index contributed by atoms with van der Waals surface area (Å²) in [6, 6.07) is -0.645. The zero-order valence-electron chi connectivity index (χ0n) is 8.91. The SMILES string of the molecule is COC(=O)C(C)NC(=O)[C@@H]1CNCCO1. The number of amides is 1. The standard InChI is InChI=1S/C9H16N2O4/c1-6(9(13)14-2)11-8(12)7-5-10-3-4-15-7/h6-7,10H,3-5H2,1-2H3,(H,11,12)/t6?,7-/m0/s1. The molecule has 0 bridgehead atoms. The highest BCUT2D eigenvalue weighted by molar-refractivity contribution is 5.86. The molecule has 0 aliphatic carbocycles. The summed E-state index contributed by atoms with van der Waals surface area (Å²) in [7, 11) is 1.28. The molecule has 6 nitrogen and oxygen atoms in total. The van der Waals surface area contributed by atoms with Gasteiger partial charge in [0.15, 0.2) is 0 Å². The molecule has 0 radical (unpaired) electrons. The summed E-state index contributed by atoms with van der Waals surface area (Å²) in [5.74, 6) is -0.757. The summed E-state index contributed by atoms with van der Waals surface area (Å²) < 4.78 is 9.72. The van der Waals surface area contributed by atoms with E-state index in [4.69, 9.17) is 4.74 Å². The molecule has 15 heavy (non-hydrogen) atoms. The molecule has 0 aromatic carbocycles. The van der Waals surface area contributed by atoms with E-state index in [2.05, 4.69) is 15.4 Å². The fourth-order valence-corrected chi connectivity index (χ4v) is 1.28. The topological polar surface area (TPSA) is 76.7 Å². The number of carbonyl (C=O) groups is 2. The van der Waals surface area contributed by atoms with Crippen LogP contribution in [0.2, 0.25) is 0 Å². The van der Waals surface area contributed by atoms with Crippen LogP contribution in [0.3, 0.4) is 0 Å². The van der Waals surface area contributed by atoms with E-state index in [1.54, 1.807) is 6.92 Å². The molecule has 1 rings (SSSR count). The van der Waals surface area contributed by atoms with Crippen molar-refractivity contribution in [2.75, 3.05) is 26.8 Å². The van der Waals surface area contributed by atoms with E-state index in [0.29, 0.717) is 13.2 Å². The fraction of sp³-hybridized carbons (Fsp3) is 0.778. The maximum atomic E-state index is 11.5. The Kier molecular flexibility index (Phi) is 4.51. The highest BCUT2D eigenvalue weighted by Crippen LogP contribution is 1.97. The third kappa shape index (κ3) is 3.49. The van der Waals surface area contributed by atoms with Crippen LogP contribution < -0.4 is 10.6 Å². The van der Waals surface area contributed by atoms with Gasteiger partial charge in [-0.25, -0.2) is 4.79 Å². The van der Waals surface area contributed by atoms with Gasteiger partial charge in [-0.05, 0) is 6.92 Å². The number of carbonyl (C=O) groups excluding carboxylic acids is 2. The number of ether oxygens (including phenoxy) is 2. The van der Waals surface area contributed by atoms with Gasteiger partial charge in [-0.1, -0.05) is 0 Å². The van der Waals surface area contributed by atoms with E-state index in [-0.39, 0.29) is 5.91 Å². The summed E-state index contributed by atoms with van der Waals surface area (Å²) in [6.07, 6.45) is -0.522. The van der Waals surface area contributed by atoms with Crippen molar-refractivity contribution >= 4 is 11.9 Å². The predicted molar refractivity (Wildman–Crippen MR) is 52.2 cm³/mol. The van der Waals surface area contributed by atoms with E-state index in [1.807, 2.05) is 0 Å². The predicted octanol–water partition coefficient (Wildman–Crippen LogP) is -1.35. The average molecular weight is 216 g/mol. The van der Waals surface area contributed by atoms with Crippen molar-refractivity contribution in [1.82, 2.24) is 10.6 Å². The van der Waals surface area contributed by atoms with E-state index in [0.717, 1.165) is 6.54 Å². The minimum atomic E-state index is -0.645. The Hall–Kier alpha value is -1.14. The molecule has 0 saturated carbocycles. The lowest BCUT2D eigenvalue weighted by Gasteiger charge is -2.23. The number of methoxy groups -OCH3 is 1. The number of rotatable bonds is 3. The molecule has 0 aromatic heterocycles. The molecule has 0 spiro atoms. The van der Waals surface area contributed by atoms with Crippen molar-refractivity contribution in [1.29, 1.82) is 0 Å². The Morgan fingerprint density at radius 1 is 1.60 bits per heavy atom. The van der Waals surface area contributed by atoms with Crippen molar-refractivity contribution in [3.8, 4) is 0 Å². The van der Waals surface area contributed by atoms with Crippen molar-refractivity contribution in [3.05, 3.63) is 0 Å². The van der Waals surface area contributed by atoms with Crippen LogP contribution in [0.25, 0.3) is 0 Å². The Balaban J connectivity index is 2.36. The molecule has 1 saturated heterocycles. The van der Waals surface area contributed by atoms with E-state index >= 15 is 0 Å². The molecule has 1 unspecified atom stereocenters. The van der Waals surface area contributed by atoms with Crippen LogP contribution >= 0.6 is 0 Å². The van der Waals surface area contributed by atoms with E-state index < -0.39 is 18.1 Å². The normalized spacial score (nSPS) is 22.9. The first kappa shape index (κ1) is 11.9. The lowest BCUT2D eigenvalue weighted by molar-refractivity contribution is -0.146. The van der Waals surface area contributed by atoms with Crippen LogP contribution in [0.1, 0.15) is 6.92 Å². The van der Waals surface area contributed by atoms with Crippen molar-refractivity contribution in [3.63, 3.8) is 0 Å². The van der Waals surface area contributed by atoms with Crippen LogP contribution in [0.5, 0.6) is 0 Å². The summed E-state index contributed by atoms with van der Waals surface area (Å²) in [6.45, 7) is 3.29. The van der Waals surface area contributed by atoms with Crippen molar-refractivity contribution < 1.29 is 19.1 Å². The molecular weight excluding hydrogens is 200 g/mol. The smallest absolute Gasteiger partial charge is 0.328 e. The van der Waals surface area contributed by atoms with E-state index in [1.165, 1.54) is 7.11 Å². The molecule has 2 N–H and O–H groups in total. The van der Waals surface area contributed by atoms with Crippen LogP contribution in [0.15, 0.2) is 0 Å². The first-order valence-corrected chi connectivity index (χ1v) is 4.85. The fourth-order valence-electron chi connectivity index (χ4n) is 1.28. The highest BCUT2D eigenvalue weighted by Gasteiger charge is 2.25. The average Bonchev–Trinajstić information content (AvgIpc) is 2.29. The minimum Gasteiger partial charge on any atom is -0.467 e. The van der Waals surface area contributed by atoms with Gasteiger partial charge in [-0.3, -0.25) is 4.79 Å². The molecule has 1 aliphatic rings. The van der Waals surface area contributed by atoms with E-state index in [9.17, 15) is 9.59 Å². The number of hydrogen-bond acceptors (Lipinski definition) is 5. The van der Waals surface area contributed by atoms with Gasteiger partial charge in [0.25, 0.3) is 5.91 Å². The number of esters is 1. The Morgan fingerprint density at radius 3 is 2.87 bits per heavy atom. The largest absolute Gasteiger partial charge is 0.467 e. The first-order valence-electron chi connectivity index (χ1n) is 4.85.